The number of rotatable bonds is 6. The zero-order chi connectivity index (χ0) is 17.2. The van der Waals surface area contributed by atoms with Crippen molar-refractivity contribution in [2.24, 2.45) is 0 Å². The molecule has 0 saturated carbocycles. The summed E-state index contributed by atoms with van der Waals surface area (Å²) in [5, 5.41) is 3.35. The van der Waals surface area contributed by atoms with Crippen molar-refractivity contribution in [1.82, 2.24) is 5.32 Å². The van der Waals surface area contributed by atoms with Gasteiger partial charge in [-0.15, -0.1) is 11.8 Å². The smallest absolute Gasteiger partial charge is 0.253 e. The van der Waals surface area contributed by atoms with Crippen molar-refractivity contribution >= 4 is 29.3 Å². The molecule has 0 radical (unpaired) electrons. The first-order valence-electron chi connectivity index (χ1n) is 7.55. The van der Waals surface area contributed by atoms with E-state index in [-0.39, 0.29) is 19.1 Å². The number of amides is 1. The van der Waals surface area contributed by atoms with Gasteiger partial charge in [0.2, 0.25) is 0 Å². The maximum Gasteiger partial charge on any atom is 0.253 e. The van der Waals surface area contributed by atoms with Gasteiger partial charge >= 0.3 is 0 Å². The quantitative estimate of drug-likeness (QED) is 0.618. The van der Waals surface area contributed by atoms with Crippen LogP contribution in [0.25, 0.3) is 0 Å². The minimum atomic E-state index is -0.118. The van der Waals surface area contributed by atoms with E-state index in [1.165, 1.54) is 0 Å². The van der Waals surface area contributed by atoms with Crippen LogP contribution in [-0.4, -0.2) is 24.8 Å². The second-order valence-electron chi connectivity index (χ2n) is 4.68. The van der Waals surface area contributed by atoms with Gasteiger partial charge in [-0.3, -0.25) is 4.79 Å². The van der Waals surface area contributed by atoms with Gasteiger partial charge in [0, 0.05) is 4.90 Å². The molecule has 0 unspecified atom stereocenters. The topological polar surface area (TPSA) is 38.3 Å². The molecule has 24 heavy (non-hydrogen) atoms. The van der Waals surface area contributed by atoms with Gasteiger partial charge in [0.25, 0.3) is 5.91 Å². The van der Waals surface area contributed by atoms with Crippen LogP contribution in [-0.2, 0) is 0 Å². The second-order valence-corrected chi connectivity index (χ2v) is 6.40. The summed E-state index contributed by atoms with van der Waals surface area (Å²) in [4.78, 5) is 13.2. The summed E-state index contributed by atoms with van der Waals surface area (Å²) in [7, 11) is 0. The van der Waals surface area contributed by atoms with E-state index in [0.29, 0.717) is 16.3 Å². The first-order chi connectivity index (χ1) is 11.7. The number of para-hydroxylation sites is 1. The number of hydrogen-bond acceptors (Lipinski definition) is 3. The monoisotopic (exact) mass is 359 g/mol. The molecule has 0 fully saturated rings. The van der Waals surface area contributed by atoms with Gasteiger partial charge in [0.05, 0.1) is 17.1 Å². The van der Waals surface area contributed by atoms with E-state index in [4.69, 9.17) is 16.3 Å². The molecule has 124 valence electrons. The van der Waals surface area contributed by atoms with Crippen LogP contribution >= 0.6 is 23.4 Å². The van der Waals surface area contributed by atoms with Crippen molar-refractivity contribution < 1.29 is 9.53 Å². The number of carbonyl (C=O) groups excluding carboxylic acids is 1. The highest BCUT2D eigenvalue weighted by Crippen LogP contribution is 2.23. The van der Waals surface area contributed by atoms with Crippen molar-refractivity contribution in [2.75, 3.05) is 18.9 Å². The molecule has 2 aromatic rings. The standard InChI is InChI=1S/C19H18ClNO2S/c1-2-24-18-12-6-3-9-15(18)19(22)21-13-7-8-14-23-17-11-5-4-10-16(17)20/h3-6,9-12H,2,13-14H2,1H3,(H,21,22). The third kappa shape index (κ3) is 5.52. The van der Waals surface area contributed by atoms with Gasteiger partial charge in [-0.05, 0) is 30.0 Å². The van der Waals surface area contributed by atoms with Gasteiger partial charge in [0.1, 0.15) is 12.4 Å². The Hall–Kier alpha value is -2.09. The first kappa shape index (κ1) is 18.3. The van der Waals surface area contributed by atoms with Crippen molar-refractivity contribution in [3.63, 3.8) is 0 Å². The van der Waals surface area contributed by atoms with E-state index in [0.717, 1.165) is 10.6 Å². The van der Waals surface area contributed by atoms with Crippen LogP contribution in [0.15, 0.2) is 53.4 Å². The largest absolute Gasteiger partial charge is 0.479 e. The lowest BCUT2D eigenvalue weighted by Gasteiger charge is -2.07. The fraction of sp³-hybridized carbons (Fsp3) is 0.211. The van der Waals surface area contributed by atoms with Gasteiger partial charge in [0.15, 0.2) is 0 Å². The molecule has 0 atom stereocenters. The van der Waals surface area contributed by atoms with Gasteiger partial charge in [-0.25, -0.2) is 0 Å². The molecular formula is C19H18ClNO2S. The normalized spacial score (nSPS) is 9.75. The van der Waals surface area contributed by atoms with Crippen LogP contribution in [0.2, 0.25) is 5.02 Å². The lowest BCUT2D eigenvalue weighted by molar-refractivity contribution is 0.0956. The van der Waals surface area contributed by atoms with Gasteiger partial charge < -0.3 is 10.1 Å². The molecule has 2 aromatic carbocycles. The molecule has 0 aliphatic heterocycles. The van der Waals surface area contributed by atoms with E-state index in [1.54, 1.807) is 23.9 Å². The SMILES string of the molecule is CCSc1ccccc1C(=O)NCC#CCOc1ccccc1Cl. The molecular weight excluding hydrogens is 342 g/mol. The van der Waals surface area contributed by atoms with Crippen LogP contribution in [0, 0.1) is 11.8 Å². The Morgan fingerprint density at radius 3 is 2.71 bits per heavy atom. The molecule has 1 N–H and O–H groups in total. The molecule has 5 heteroatoms. The van der Waals surface area contributed by atoms with E-state index in [1.807, 2.05) is 36.4 Å². The Morgan fingerprint density at radius 1 is 1.17 bits per heavy atom. The second kappa shape index (κ2) is 9.92. The summed E-state index contributed by atoms with van der Waals surface area (Å²) < 4.78 is 5.46. The Labute approximate surface area is 151 Å². The average Bonchev–Trinajstić information content (AvgIpc) is 2.60. The summed E-state index contributed by atoms with van der Waals surface area (Å²) >= 11 is 7.63. The minimum absolute atomic E-state index is 0.118. The predicted molar refractivity (Wildman–Crippen MR) is 99.9 cm³/mol. The zero-order valence-corrected chi connectivity index (χ0v) is 14.9. The molecule has 0 aromatic heterocycles. The van der Waals surface area contributed by atoms with E-state index >= 15 is 0 Å². The Kier molecular flexibility index (Phi) is 7.54. The maximum absolute atomic E-state index is 12.2. The van der Waals surface area contributed by atoms with Crippen LogP contribution in [0.5, 0.6) is 5.75 Å². The highest BCUT2D eigenvalue weighted by molar-refractivity contribution is 7.99. The highest BCUT2D eigenvalue weighted by atomic mass is 35.5. The fourth-order valence-corrected chi connectivity index (χ4v) is 2.94. The lowest BCUT2D eigenvalue weighted by Crippen LogP contribution is -2.24. The average molecular weight is 360 g/mol. The summed E-state index contributed by atoms with van der Waals surface area (Å²) in [5.74, 6) is 7.13. The van der Waals surface area contributed by atoms with Crippen molar-refractivity contribution in [3.05, 3.63) is 59.1 Å². The number of carbonyl (C=O) groups is 1. The lowest BCUT2D eigenvalue weighted by atomic mass is 10.2. The third-order valence-electron chi connectivity index (χ3n) is 3.03. The Balaban J connectivity index is 1.80. The van der Waals surface area contributed by atoms with Crippen molar-refractivity contribution in [2.45, 2.75) is 11.8 Å². The molecule has 3 nitrogen and oxygen atoms in total. The number of nitrogens with one attached hydrogen (secondary N) is 1. The van der Waals surface area contributed by atoms with E-state index in [2.05, 4.69) is 24.1 Å². The maximum atomic E-state index is 12.2. The fourth-order valence-electron chi connectivity index (χ4n) is 1.94. The van der Waals surface area contributed by atoms with Crippen LogP contribution in [0.1, 0.15) is 17.3 Å². The summed E-state index contributed by atoms with van der Waals surface area (Å²) in [6.45, 7) is 2.56. The first-order valence-corrected chi connectivity index (χ1v) is 8.91. The summed E-state index contributed by atoms with van der Waals surface area (Å²) in [6, 6.07) is 14.8. The van der Waals surface area contributed by atoms with Crippen LogP contribution in [0.3, 0.4) is 0 Å². The third-order valence-corrected chi connectivity index (χ3v) is 4.30. The predicted octanol–water partition coefficient (Wildman–Crippen LogP) is 4.26. The van der Waals surface area contributed by atoms with Crippen molar-refractivity contribution in [1.29, 1.82) is 0 Å². The number of benzene rings is 2. The summed E-state index contributed by atoms with van der Waals surface area (Å²) in [5.41, 5.74) is 0.679. The van der Waals surface area contributed by atoms with Gasteiger partial charge in [-0.1, -0.05) is 54.6 Å². The van der Waals surface area contributed by atoms with E-state index in [9.17, 15) is 4.79 Å². The van der Waals surface area contributed by atoms with Crippen molar-refractivity contribution in [3.8, 4) is 17.6 Å². The van der Waals surface area contributed by atoms with Gasteiger partial charge in [-0.2, -0.15) is 0 Å². The molecule has 0 aliphatic carbocycles. The molecule has 1 amide bonds. The molecule has 0 heterocycles. The Bertz CT molecular complexity index is 752. The van der Waals surface area contributed by atoms with Crippen LogP contribution in [0.4, 0.5) is 0 Å². The number of hydrogen-bond donors (Lipinski definition) is 1. The molecule has 0 saturated heterocycles. The molecule has 0 aliphatic rings. The minimum Gasteiger partial charge on any atom is -0.479 e. The molecule has 0 spiro atoms. The van der Waals surface area contributed by atoms with Crippen LogP contribution < -0.4 is 10.1 Å². The highest BCUT2D eigenvalue weighted by Gasteiger charge is 2.09. The van der Waals surface area contributed by atoms with E-state index < -0.39 is 0 Å². The molecule has 2 rings (SSSR count). The number of thioether (sulfide) groups is 1. The zero-order valence-electron chi connectivity index (χ0n) is 13.3. The Morgan fingerprint density at radius 2 is 1.92 bits per heavy atom. The summed E-state index contributed by atoms with van der Waals surface area (Å²) in [6.07, 6.45) is 0. The number of ether oxygens (including phenoxy) is 1. The number of halogens is 1. The molecule has 0 bridgehead atoms.